The van der Waals surface area contributed by atoms with Gasteiger partial charge in [-0.15, -0.1) is 0 Å². The van der Waals surface area contributed by atoms with Crippen molar-refractivity contribution in [2.24, 2.45) is 0 Å². The third kappa shape index (κ3) is 3.75. The van der Waals surface area contributed by atoms with Crippen molar-refractivity contribution in [2.75, 3.05) is 0 Å². The normalized spacial score (nSPS) is 10.3. The number of hydrogen-bond acceptors (Lipinski definition) is 3. The molecule has 0 aliphatic carbocycles. The molecule has 1 N–H and O–H groups in total. The Morgan fingerprint density at radius 3 is 2.45 bits per heavy atom. The fourth-order valence-electron chi connectivity index (χ4n) is 0.500. The summed E-state index contributed by atoms with van der Waals surface area (Å²) in [5.74, 6) is 0. The molecule has 6 heteroatoms. The number of rotatable bonds is 1. The van der Waals surface area contributed by atoms with Gasteiger partial charge in [0.05, 0.1) is 0 Å². The molecule has 0 fully saturated rings. The predicted molar refractivity (Wildman–Crippen MR) is 35.2 cm³/mol. The van der Waals surface area contributed by atoms with Crippen LogP contribution in [0.2, 0.25) is 0 Å². The van der Waals surface area contributed by atoms with Gasteiger partial charge in [-0.3, -0.25) is 9.54 Å². The summed E-state index contributed by atoms with van der Waals surface area (Å²) in [6.45, 7) is 0. The molecule has 0 saturated carbocycles. The number of nitrogens with zero attached hydrogens (tertiary/aromatic N) is 1. The van der Waals surface area contributed by atoms with E-state index in [-0.39, 0.29) is 57.7 Å². The number of pyridine rings is 1. The molecule has 1 heterocycles. The second kappa shape index (κ2) is 4.66. The van der Waals surface area contributed by atoms with Crippen LogP contribution in [0.3, 0.4) is 0 Å². The van der Waals surface area contributed by atoms with E-state index in [4.69, 9.17) is 4.55 Å². The van der Waals surface area contributed by atoms with Crippen LogP contribution in [0.4, 0.5) is 0 Å². The minimum Gasteiger partial charge on any atom is -1.00 e. The van der Waals surface area contributed by atoms with Crippen LogP contribution in [0.5, 0.6) is 0 Å². The van der Waals surface area contributed by atoms with E-state index < -0.39 is 10.1 Å². The quantitative estimate of drug-likeness (QED) is 0.399. The maximum atomic E-state index is 10.3. The molecule has 0 aliphatic rings. The monoisotopic (exact) mass is 199 g/mol. The summed E-state index contributed by atoms with van der Waals surface area (Å²) in [6.07, 6.45) is 2.50. The zero-order valence-corrected chi connectivity index (χ0v) is 9.87. The zero-order chi connectivity index (χ0) is 7.61. The average Bonchev–Trinajstić information content (AvgIpc) is 1.88. The molecule has 0 amide bonds. The molecule has 56 valence electrons. The predicted octanol–water partition coefficient (Wildman–Crippen LogP) is -2.56. The van der Waals surface area contributed by atoms with Crippen LogP contribution in [-0.2, 0) is 10.1 Å². The SMILES string of the molecule is O=S(=O)(O)c1cccnc1.[H-].[K+]. The third-order valence-electron chi connectivity index (χ3n) is 0.932. The van der Waals surface area contributed by atoms with Gasteiger partial charge in [0.25, 0.3) is 10.1 Å². The van der Waals surface area contributed by atoms with Crippen LogP contribution in [0, 0.1) is 0 Å². The maximum Gasteiger partial charge on any atom is 1.00 e. The molecule has 0 saturated heterocycles. The molecule has 0 radical (unpaired) electrons. The smallest absolute Gasteiger partial charge is 1.00 e. The van der Waals surface area contributed by atoms with Crippen molar-refractivity contribution >= 4 is 10.1 Å². The van der Waals surface area contributed by atoms with Crippen molar-refractivity contribution in [1.29, 1.82) is 0 Å². The molecular weight excluding hydrogens is 193 g/mol. The van der Waals surface area contributed by atoms with Gasteiger partial charge in [0, 0.05) is 12.4 Å². The zero-order valence-electron chi connectivity index (χ0n) is 6.93. The van der Waals surface area contributed by atoms with Crippen LogP contribution in [0.15, 0.2) is 29.4 Å². The maximum absolute atomic E-state index is 10.3. The van der Waals surface area contributed by atoms with E-state index in [2.05, 4.69) is 4.98 Å². The molecule has 1 aromatic heterocycles. The minimum atomic E-state index is -4.07. The van der Waals surface area contributed by atoms with E-state index in [0.29, 0.717) is 0 Å². The Labute approximate surface area is 109 Å². The first kappa shape index (κ1) is 11.7. The molecule has 0 aliphatic heterocycles. The number of aromatic nitrogens is 1. The van der Waals surface area contributed by atoms with Crippen molar-refractivity contribution in [2.45, 2.75) is 4.90 Å². The van der Waals surface area contributed by atoms with E-state index in [1.54, 1.807) is 0 Å². The molecule has 0 unspecified atom stereocenters. The van der Waals surface area contributed by atoms with Gasteiger partial charge in [-0.05, 0) is 12.1 Å². The van der Waals surface area contributed by atoms with E-state index in [0.717, 1.165) is 6.20 Å². The van der Waals surface area contributed by atoms with Crippen LogP contribution >= 0.6 is 0 Å². The Balaban J connectivity index is 0. The van der Waals surface area contributed by atoms with Gasteiger partial charge in [-0.25, -0.2) is 0 Å². The summed E-state index contributed by atoms with van der Waals surface area (Å²) in [6, 6.07) is 2.70. The van der Waals surface area contributed by atoms with Crippen LogP contribution in [0.1, 0.15) is 1.43 Å². The van der Waals surface area contributed by atoms with Crippen molar-refractivity contribution in [3.63, 3.8) is 0 Å². The fraction of sp³-hybridized carbons (Fsp3) is 0. The van der Waals surface area contributed by atoms with Gasteiger partial charge in [-0.1, -0.05) is 0 Å². The molecule has 1 aromatic rings. The summed E-state index contributed by atoms with van der Waals surface area (Å²) < 4.78 is 29.1. The van der Waals surface area contributed by atoms with Crippen LogP contribution in [-0.4, -0.2) is 18.0 Å². The van der Waals surface area contributed by atoms with Gasteiger partial charge in [0.15, 0.2) is 0 Å². The van der Waals surface area contributed by atoms with Crippen molar-refractivity contribution in [3.05, 3.63) is 24.5 Å². The van der Waals surface area contributed by atoms with E-state index in [9.17, 15) is 8.42 Å². The number of hydrogen-bond donors (Lipinski definition) is 1. The van der Waals surface area contributed by atoms with E-state index >= 15 is 0 Å². The first-order chi connectivity index (χ1) is 4.61. The summed E-state index contributed by atoms with van der Waals surface area (Å²) in [5.41, 5.74) is 0. The van der Waals surface area contributed by atoms with Crippen molar-refractivity contribution in [3.8, 4) is 0 Å². The van der Waals surface area contributed by atoms with Crippen molar-refractivity contribution in [1.82, 2.24) is 4.98 Å². The summed E-state index contributed by atoms with van der Waals surface area (Å²) in [7, 11) is -4.07. The fourth-order valence-corrected chi connectivity index (χ4v) is 0.944. The topological polar surface area (TPSA) is 67.3 Å². The van der Waals surface area contributed by atoms with E-state index in [1.807, 2.05) is 0 Å². The summed E-state index contributed by atoms with van der Waals surface area (Å²) in [4.78, 5) is 3.33. The largest absolute Gasteiger partial charge is 1.00 e. The molecule has 4 nitrogen and oxygen atoms in total. The summed E-state index contributed by atoms with van der Waals surface area (Å²) >= 11 is 0. The third-order valence-corrected chi connectivity index (χ3v) is 1.77. The molecule has 1 rings (SSSR count). The Kier molecular flexibility index (Phi) is 4.95. The first-order valence-corrected chi connectivity index (χ1v) is 3.92. The Morgan fingerprint density at radius 1 is 1.55 bits per heavy atom. The van der Waals surface area contributed by atoms with E-state index in [1.165, 1.54) is 18.3 Å². The molecule has 11 heavy (non-hydrogen) atoms. The van der Waals surface area contributed by atoms with Gasteiger partial charge in [0.2, 0.25) is 0 Å². The molecule has 0 bridgehead atoms. The Hall–Kier alpha value is 0.696. The van der Waals surface area contributed by atoms with Crippen LogP contribution < -0.4 is 51.4 Å². The van der Waals surface area contributed by atoms with Gasteiger partial charge < -0.3 is 1.43 Å². The van der Waals surface area contributed by atoms with Crippen LogP contribution in [0.25, 0.3) is 0 Å². The standard InChI is InChI=1S/C5H5NO3S.K.H/c7-10(8,9)5-2-1-3-6-4-5;;/h1-4H,(H,7,8,9);;/q;+1;-1. The average molecular weight is 199 g/mol. The van der Waals surface area contributed by atoms with Gasteiger partial charge in [0.1, 0.15) is 4.90 Å². The van der Waals surface area contributed by atoms with Crippen molar-refractivity contribution < 1.29 is 65.8 Å². The Bertz CT molecular complexity index is 315. The van der Waals surface area contributed by atoms with Gasteiger partial charge in [-0.2, -0.15) is 8.42 Å². The molecule has 0 aromatic carbocycles. The molecular formula is C5H6KNO3S. The minimum absolute atomic E-state index is 0. The second-order valence-corrected chi connectivity index (χ2v) is 3.09. The molecule has 0 spiro atoms. The molecule has 0 atom stereocenters. The Morgan fingerprint density at radius 2 is 2.18 bits per heavy atom. The first-order valence-electron chi connectivity index (χ1n) is 2.48. The van der Waals surface area contributed by atoms with Gasteiger partial charge >= 0.3 is 51.4 Å². The second-order valence-electron chi connectivity index (χ2n) is 1.66. The summed E-state index contributed by atoms with van der Waals surface area (Å²) in [5, 5.41) is 0.